The third-order valence-corrected chi connectivity index (χ3v) is 3.61. The lowest BCUT2D eigenvalue weighted by atomic mass is 9.98. The molecular weight excluding hydrogens is 294 g/mol. The Kier molecular flexibility index (Phi) is 5.24. The lowest BCUT2D eigenvalue weighted by Gasteiger charge is -2.20. The first-order valence-electron chi connectivity index (χ1n) is 7.40. The maximum atomic E-state index is 12.5. The van der Waals surface area contributed by atoms with Gasteiger partial charge >= 0.3 is 0 Å². The van der Waals surface area contributed by atoms with Crippen molar-refractivity contribution in [2.45, 2.75) is 13.0 Å². The Morgan fingerprint density at radius 1 is 1.22 bits per heavy atom. The topological polar surface area (TPSA) is 74.0 Å². The van der Waals surface area contributed by atoms with E-state index in [-0.39, 0.29) is 29.1 Å². The standard InChI is InChI=1S/C18H21NO4/c1-19(2)11-14-15(20)9-8-13(18(14)22)16(21)10-12-6-4-5-7-17(12)23-3/h4-9,20,22H,10-11H2,1-3H3. The smallest absolute Gasteiger partial charge is 0.166 e. The molecule has 0 saturated heterocycles. The molecule has 0 spiro atoms. The highest BCUT2D eigenvalue weighted by Crippen LogP contribution is 2.29. The Balaban J connectivity index is 2.33. The van der Waals surface area contributed by atoms with Gasteiger partial charge in [0, 0.05) is 23.1 Å². The van der Waals surface area contributed by atoms with Crippen molar-refractivity contribution in [2.75, 3.05) is 21.2 Å². The van der Waals surface area contributed by atoms with Crippen LogP contribution in [0.25, 0.3) is 0 Å². The number of carbonyl (C=O) groups excluding carboxylic acids is 1. The lowest BCUT2D eigenvalue weighted by Crippen LogP contribution is -3.04. The predicted molar refractivity (Wildman–Crippen MR) is 85.1 cm³/mol. The van der Waals surface area contributed by atoms with Crippen molar-refractivity contribution in [3.05, 3.63) is 53.1 Å². The number of ketones is 1. The van der Waals surface area contributed by atoms with Crippen molar-refractivity contribution in [1.29, 1.82) is 0 Å². The zero-order chi connectivity index (χ0) is 17.0. The number of nitrogens with one attached hydrogen (secondary N) is 1. The average Bonchev–Trinajstić information content (AvgIpc) is 2.51. The minimum atomic E-state index is -0.397. The number of ether oxygens (including phenoxy) is 1. The molecule has 0 bridgehead atoms. The van der Waals surface area contributed by atoms with Crippen molar-refractivity contribution in [2.24, 2.45) is 0 Å². The molecule has 0 aliphatic carbocycles. The molecule has 5 heteroatoms. The van der Waals surface area contributed by atoms with Gasteiger partial charge in [-0.1, -0.05) is 23.9 Å². The van der Waals surface area contributed by atoms with Crippen LogP contribution in [0.4, 0.5) is 0 Å². The number of hydrogen-bond acceptors (Lipinski definition) is 4. The van der Waals surface area contributed by atoms with Crippen molar-refractivity contribution >= 4 is 5.78 Å². The van der Waals surface area contributed by atoms with Crippen LogP contribution in [0.3, 0.4) is 0 Å². The van der Waals surface area contributed by atoms with Gasteiger partial charge in [-0.15, -0.1) is 0 Å². The van der Waals surface area contributed by atoms with Gasteiger partial charge in [-0.3, -0.25) is 4.79 Å². The molecule has 23 heavy (non-hydrogen) atoms. The fourth-order valence-corrected chi connectivity index (χ4v) is 2.48. The Labute approximate surface area is 135 Å². The van der Waals surface area contributed by atoms with Crippen LogP contribution in [0, 0.1) is 0 Å². The van der Waals surface area contributed by atoms with Gasteiger partial charge in [0.1, 0.15) is 18.0 Å². The highest BCUT2D eigenvalue weighted by Gasteiger charge is 2.16. The van der Waals surface area contributed by atoms with E-state index in [2.05, 4.69) is 0 Å². The van der Waals surface area contributed by atoms with E-state index in [1.165, 1.54) is 12.1 Å². The number of para-hydroxylation sites is 1. The van der Waals surface area contributed by atoms with Crippen LogP contribution in [-0.4, -0.2) is 32.1 Å². The molecule has 0 unspecified atom stereocenters. The zero-order valence-electron chi connectivity index (χ0n) is 13.6. The number of quaternary nitrogens is 1. The van der Waals surface area contributed by atoms with Crippen molar-refractivity contribution in [1.82, 2.24) is 0 Å². The molecule has 2 N–H and O–H groups in total. The summed E-state index contributed by atoms with van der Waals surface area (Å²) in [6.07, 6.45) is 0.0816. The molecule has 2 aromatic rings. The molecule has 0 fully saturated rings. The number of phenols is 1. The summed E-state index contributed by atoms with van der Waals surface area (Å²) in [7, 11) is 5.30. The first kappa shape index (κ1) is 16.8. The molecule has 0 aliphatic rings. The van der Waals surface area contributed by atoms with E-state index in [1.54, 1.807) is 19.2 Å². The van der Waals surface area contributed by atoms with Crippen LogP contribution < -0.4 is 14.7 Å². The molecule has 0 saturated carbocycles. The first-order chi connectivity index (χ1) is 10.9. The van der Waals surface area contributed by atoms with Crippen LogP contribution in [0.5, 0.6) is 17.2 Å². The number of hydrogen-bond donors (Lipinski definition) is 2. The Morgan fingerprint density at radius 3 is 2.57 bits per heavy atom. The molecule has 2 aromatic carbocycles. The summed E-state index contributed by atoms with van der Waals surface area (Å²) in [5.74, 6) is -0.129. The molecular formula is C18H21NO4. The first-order valence-corrected chi connectivity index (χ1v) is 7.40. The van der Waals surface area contributed by atoms with E-state index in [0.717, 1.165) is 10.5 Å². The van der Waals surface area contributed by atoms with Gasteiger partial charge in [-0.2, -0.15) is 0 Å². The predicted octanol–water partition coefficient (Wildman–Crippen LogP) is 0.544. The minimum absolute atomic E-state index is 0.0648. The van der Waals surface area contributed by atoms with E-state index in [4.69, 9.17) is 4.74 Å². The minimum Gasteiger partial charge on any atom is -0.872 e. The molecule has 0 aromatic heterocycles. The van der Waals surface area contributed by atoms with Crippen LogP contribution in [-0.2, 0) is 13.0 Å². The van der Waals surface area contributed by atoms with Gasteiger partial charge in [-0.05, 0) is 18.2 Å². The number of aromatic hydroxyl groups is 1. The molecule has 0 atom stereocenters. The summed E-state index contributed by atoms with van der Waals surface area (Å²) >= 11 is 0. The number of benzene rings is 2. The highest BCUT2D eigenvalue weighted by atomic mass is 16.5. The number of carbonyl (C=O) groups is 1. The quantitative estimate of drug-likeness (QED) is 0.763. The van der Waals surface area contributed by atoms with Gasteiger partial charge in [0.2, 0.25) is 0 Å². The average molecular weight is 315 g/mol. The molecule has 0 heterocycles. The van der Waals surface area contributed by atoms with Gasteiger partial charge in [0.15, 0.2) is 5.78 Å². The Hall–Kier alpha value is -2.53. The summed E-state index contributed by atoms with van der Waals surface area (Å²) in [6.45, 7) is 0.362. The SMILES string of the molecule is COc1ccccc1CC(=O)c1ccc(O)c(C[NH+](C)C)c1[O-]. The molecule has 0 radical (unpaired) electrons. The third-order valence-electron chi connectivity index (χ3n) is 3.61. The normalized spacial score (nSPS) is 10.8. The molecule has 5 nitrogen and oxygen atoms in total. The summed E-state index contributed by atoms with van der Waals surface area (Å²) in [6, 6.07) is 10.0. The van der Waals surface area contributed by atoms with E-state index >= 15 is 0 Å². The number of Topliss-reactive ketones (excluding diaryl/α,β-unsaturated/α-hetero) is 1. The van der Waals surface area contributed by atoms with Crippen molar-refractivity contribution in [3.8, 4) is 17.2 Å². The van der Waals surface area contributed by atoms with Crippen molar-refractivity contribution in [3.63, 3.8) is 0 Å². The fraction of sp³-hybridized carbons (Fsp3) is 0.278. The second-order valence-corrected chi connectivity index (χ2v) is 5.74. The van der Waals surface area contributed by atoms with E-state index < -0.39 is 5.75 Å². The number of methoxy groups -OCH3 is 1. The van der Waals surface area contributed by atoms with Gasteiger partial charge < -0.3 is 19.8 Å². The Morgan fingerprint density at radius 2 is 1.91 bits per heavy atom. The van der Waals surface area contributed by atoms with Crippen LogP contribution in [0.2, 0.25) is 0 Å². The molecule has 122 valence electrons. The molecule has 0 amide bonds. The summed E-state index contributed by atoms with van der Waals surface area (Å²) in [4.78, 5) is 13.5. The number of phenolic OH excluding ortho intramolecular Hbond substituents is 1. The maximum absolute atomic E-state index is 12.5. The fourth-order valence-electron chi connectivity index (χ4n) is 2.48. The third kappa shape index (κ3) is 3.81. The highest BCUT2D eigenvalue weighted by molar-refractivity contribution is 6.00. The summed E-state index contributed by atoms with van der Waals surface area (Å²) in [5.41, 5.74) is 1.10. The van der Waals surface area contributed by atoms with Gasteiger partial charge in [-0.25, -0.2) is 0 Å². The van der Waals surface area contributed by atoms with Gasteiger partial charge in [0.05, 0.1) is 21.2 Å². The van der Waals surface area contributed by atoms with Gasteiger partial charge in [0.25, 0.3) is 0 Å². The monoisotopic (exact) mass is 315 g/mol. The van der Waals surface area contributed by atoms with E-state index in [0.29, 0.717) is 12.3 Å². The lowest BCUT2D eigenvalue weighted by molar-refractivity contribution is -0.872. The Bertz CT molecular complexity index is 710. The van der Waals surface area contributed by atoms with Crippen molar-refractivity contribution < 1.29 is 24.6 Å². The van der Waals surface area contributed by atoms with Crippen LogP contribution in [0.15, 0.2) is 36.4 Å². The van der Waals surface area contributed by atoms with Crippen LogP contribution >= 0.6 is 0 Å². The second-order valence-electron chi connectivity index (χ2n) is 5.74. The summed E-state index contributed by atoms with van der Waals surface area (Å²) in [5, 5.41) is 22.4. The molecule has 2 rings (SSSR count). The zero-order valence-corrected chi connectivity index (χ0v) is 13.6. The van der Waals surface area contributed by atoms with E-state index in [1.807, 2.05) is 26.2 Å². The van der Waals surface area contributed by atoms with E-state index in [9.17, 15) is 15.0 Å². The second kappa shape index (κ2) is 7.15. The summed E-state index contributed by atoms with van der Waals surface area (Å²) < 4.78 is 5.23. The molecule has 0 aliphatic heterocycles. The number of rotatable bonds is 6. The largest absolute Gasteiger partial charge is 0.872 e. The maximum Gasteiger partial charge on any atom is 0.166 e. The van der Waals surface area contributed by atoms with Crippen LogP contribution in [0.1, 0.15) is 21.5 Å².